The topological polar surface area (TPSA) is 75.7 Å². The molecule has 0 atom stereocenters. The Morgan fingerprint density at radius 2 is 1.39 bits per heavy atom. The number of hydrogen-bond acceptors (Lipinski definition) is 4. The molecule has 2 aliphatic carbocycles. The van der Waals surface area contributed by atoms with Gasteiger partial charge in [-0.25, -0.2) is 8.42 Å². The second-order valence-corrected chi connectivity index (χ2v) is 14.1. The van der Waals surface area contributed by atoms with Gasteiger partial charge in [-0.2, -0.15) is 4.31 Å². The molecule has 226 valence electrons. The fourth-order valence-electron chi connectivity index (χ4n) is 6.11. The van der Waals surface area contributed by atoms with Gasteiger partial charge >= 0.3 is 0 Å². The number of carbonyl (C=O) groups excluding carboxylic acids is 1. The summed E-state index contributed by atoms with van der Waals surface area (Å²) in [6.07, 6.45) is 15.9. The highest BCUT2D eigenvalue weighted by atomic mass is 35.5. The molecule has 0 bridgehead atoms. The van der Waals surface area contributed by atoms with Crippen molar-refractivity contribution in [1.82, 2.24) is 4.31 Å². The first-order valence-corrected chi connectivity index (χ1v) is 17.6. The Morgan fingerprint density at radius 1 is 0.854 bits per heavy atom. The standard InChI is InChI=1S/C32H44Cl2N2O4S/c1-2-3-4-5-12-21-40-31-29(33)22-24(23-30(31)34)32(37)35-25-17-19-28(20-18-25)41(38,39)36(26-13-8-6-9-14-26)27-15-10-7-11-16-27/h17-20,22-23,26-27H,2-16,21H2,1H3,(H,35,37). The quantitative estimate of drug-likeness (QED) is 0.226. The maximum Gasteiger partial charge on any atom is 0.255 e. The summed E-state index contributed by atoms with van der Waals surface area (Å²) in [5.74, 6) is -0.00280. The summed E-state index contributed by atoms with van der Waals surface area (Å²) in [5, 5.41) is 3.39. The molecule has 2 aromatic rings. The molecule has 2 fully saturated rings. The van der Waals surface area contributed by atoms with Crippen molar-refractivity contribution < 1.29 is 17.9 Å². The lowest BCUT2D eigenvalue weighted by atomic mass is 9.91. The molecular formula is C32H44Cl2N2O4S. The molecule has 4 rings (SSSR count). The van der Waals surface area contributed by atoms with Gasteiger partial charge in [0.15, 0.2) is 5.75 Å². The van der Waals surface area contributed by atoms with Crippen molar-refractivity contribution in [2.24, 2.45) is 0 Å². The predicted octanol–water partition coefficient (Wildman–Crippen LogP) is 9.25. The lowest BCUT2D eigenvalue weighted by Crippen LogP contribution is -2.48. The van der Waals surface area contributed by atoms with Crippen LogP contribution in [0.4, 0.5) is 5.69 Å². The van der Waals surface area contributed by atoms with Crippen LogP contribution in [-0.4, -0.2) is 37.3 Å². The largest absolute Gasteiger partial charge is 0.490 e. The van der Waals surface area contributed by atoms with Crippen molar-refractivity contribution in [3.63, 3.8) is 0 Å². The minimum atomic E-state index is -3.66. The maximum atomic E-state index is 13.9. The van der Waals surface area contributed by atoms with Gasteiger partial charge in [0.25, 0.3) is 5.91 Å². The fourth-order valence-corrected chi connectivity index (χ4v) is 8.63. The van der Waals surface area contributed by atoms with E-state index in [1.807, 2.05) is 4.31 Å². The summed E-state index contributed by atoms with van der Waals surface area (Å²) in [7, 11) is -3.66. The normalized spacial score (nSPS) is 17.1. The summed E-state index contributed by atoms with van der Waals surface area (Å²) < 4.78 is 35.5. The van der Waals surface area contributed by atoms with Crippen LogP contribution in [0.25, 0.3) is 0 Å². The number of rotatable bonds is 13. The van der Waals surface area contributed by atoms with E-state index in [2.05, 4.69) is 12.2 Å². The highest BCUT2D eigenvalue weighted by Crippen LogP contribution is 2.36. The Morgan fingerprint density at radius 3 is 1.93 bits per heavy atom. The van der Waals surface area contributed by atoms with Crippen molar-refractivity contribution in [3.8, 4) is 5.75 Å². The van der Waals surface area contributed by atoms with E-state index >= 15 is 0 Å². The van der Waals surface area contributed by atoms with E-state index in [1.54, 1.807) is 36.4 Å². The molecule has 0 saturated heterocycles. The van der Waals surface area contributed by atoms with Gasteiger partial charge in [0.1, 0.15) is 0 Å². The van der Waals surface area contributed by atoms with Crippen LogP contribution >= 0.6 is 23.2 Å². The van der Waals surface area contributed by atoms with E-state index in [-0.39, 0.29) is 32.9 Å². The zero-order valence-corrected chi connectivity index (χ0v) is 26.5. The van der Waals surface area contributed by atoms with Crippen LogP contribution in [-0.2, 0) is 10.0 Å². The van der Waals surface area contributed by atoms with Crippen LogP contribution < -0.4 is 10.1 Å². The minimum Gasteiger partial charge on any atom is -0.490 e. The molecule has 2 aliphatic rings. The monoisotopic (exact) mass is 622 g/mol. The first-order chi connectivity index (χ1) is 19.8. The molecule has 0 aliphatic heterocycles. The number of sulfonamides is 1. The smallest absolute Gasteiger partial charge is 0.255 e. The predicted molar refractivity (Wildman–Crippen MR) is 168 cm³/mol. The third-order valence-electron chi connectivity index (χ3n) is 8.31. The molecule has 2 aromatic carbocycles. The zero-order valence-electron chi connectivity index (χ0n) is 24.2. The molecule has 1 N–H and O–H groups in total. The highest BCUT2D eigenvalue weighted by Gasteiger charge is 2.38. The first kappa shape index (κ1) is 32.1. The number of nitrogens with one attached hydrogen (secondary N) is 1. The lowest BCUT2D eigenvalue weighted by Gasteiger charge is -2.40. The Bertz CT molecular complexity index is 1200. The van der Waals surface area contributed by atoms with Gasteiger partial charge in [0.2, 0.25) is 10.0 Å². The van der Waals surface area contributed by atoms with Crippen molar-refractivity contribution in [3.05, 3.63) is 52.0 Å². The average molecular weight is 624 g/mol. The van der Waals surface area contributed by atoms with Crippen molar-refractivity contribution >= 4 is 44.8 Å². The molecular weight excluding hydrogens is 579 g/mol. The van der Waals surface area contributed by atoms with Gasteiger partial charge in [-0.15, -0.1) is 0 Å². The Labute approximate surface area is 256 Å². The van der Waals surface area contributed by atoms with Crippen molar-refractivity contribution in [2.75, 3.05) is 11.9 Å². The van der Waals surface area contributed by atoms with Crippen LogP contribution in [0.1, 0.15) is 114 Å². The van der Waals surface area contributed by atoms with Gasteiger partial charge in [-0.1, -0.05) is 94.3 Å². The Hall–Kier alpha value is -1.80. The van der Waals surface area contributed by atoms with Crippen LogP contribution in [0.5, 0.6) is 5.75 Å². The third-order valence-corrected chi connectivity index (χ3v) is 10.9. The summed E-state index contributed by atoms with van der Waals surface area (Å²) >= 11 is 12.8. The van der Waals surface area contributed by atoms with Crippen molar-refractivity contribution in [2.45, 2.75) is 120 Å². The molecule has 2 saturated carbocycles. The van der Waals surface area contributed by atoms with Gasteiger partial charge in [0.05, 0.1) is 21.5 Å². The van der Waals surface area contributed by atoms with Crippen LogP contribution in [0.15, 0.2) is 41.3 Å². The van der Waals surface area contributed by atoms with Crippen LogP contribution in [0.2, 0.25) is 10.0 Å². The number of unbranched alkanes of at least 4 members (excludes halogenated alkanes) is 4. The summed E-state index contributed by atoms with van der Waals surface area (Å²) in [6.45, 7) is 2.69. The van der Waals surface area contributed by atoms with E-state index in [0.29, 0.717) is 23.6 Å². The SMILES string of the molecule is CCCCCCCOc1c(Cl)cc(C(=O)Nc2ccc(S(=O)(=O)N(C3CCCCC3)C3CCCCC3)cc2)cc1Cl. The lowest BCUT2D eigenvalue weighted by molar-refractivity contribution is 0.102. The number of halogens is 2. The van der Waals surface area contributed by atoms with E-state index in [1.165, 1.54) is 32.1 Å². The second-order valence-electron chi connectivity index (χ2n) is 11.4. The molecule has 0 heterocycles. The van der Waals surface area contributed by atoms with E-state index < -0.39 is 10.0 Å². The second kappa shape index (κ2) is 15.6. The summed E-state index contributed by atoms with van der Waals surface area (Å²) in [5.41, 5.74) is 0.795. The van der Waals surface area contributed by atoms with E-state index in [4.69, 9.17) is 27.9 Å². The van der Waals surface area contributed by atoms with Gasteiger partial charge in [0, 0.05) is 23.3 Å². The third kappa shape index (κ3) is 8.62. The molecule has 9 heteroatoms. The number of benzene rings is 2. The van der Waals surface area contributed by atoms with Crippen LogP contribution in [0.3, 0.4) is 0 Å². The number of amides is 1. The molecule has 0 radical (unpaired) electrons. The molecule has 1 amide bonds. The van der Waals surface area contributed by atoms with Gasteiger partial charge < -0.3 is 10.1 Å². The number of ether oxygens (including phenoxy) is 1. The van der Waals surface area contributed by atoms with Gasteiger partial charge in [-0.3, -0.25) is 4.79 Å². The molecule has 0 aromatic heterocycles. The Balaban J connectivity index is 1.42. The number of anilines is 1. The average Bonchev–Trinajstić information content (AvgIpc) is 2.97. The highest BCUT2D eigenvalue weighted by molar-refractivity contribution is 7.89. The summed E-state index contributed by atoms with van der Waals surface area (Å²) in [6, 6.07) is 9.70. The summed E-state index contributed by atoms with van der Waals surface area (Å²) in [4.78, 5) is 13.3. The molecule has 0 spiro atoms. The number of nitrogens with zero attached hydrogens (tertiary/aromatic N) is 1. The zero-order chi connectivity index (χ0) is 29.2. The maximum absolute atomic E-state index is 13.9. The van der Waals surface area contributed by atoms with E-state index in [0.717, 1.165) is 64.2 Å². The van der Waals surface area contributed by atoms with Crippen LogP contribution in [0, 0.1) is 0 Å². The minimum absolute atomic E-state index is 0.0683. The number of carbonyl (C=O) groups is 1. The van der Waals surface area contributed by atoms with E-state index in [9.17, 15) is 13.2 Å². The molecule has 41 heavy (non-hydrogen) atoms. The van der Waals surface area contributed by atoms with Crippen molar-refractivity contribution in [1.29, 1.82) is 0 Å². The Kier molecular flexibility index (Phi) is 12.2. The first-order valence-electron chi connectivity index (χ1n) is 15.4. The number of hydrogen-bond donors (Lipinski definition) is 1. The fraction of sp³-hybridized carbons (Fsp3) is 0.594. The molecule has 0 unspecified atom stereocenters. The van der Waals surface area contributed by atoms with Gasteiger partial charge in [-0.05, 0) is 68.5 Å². The molecule has 6 nitrogen and oxygen atoms in total.